The van der Waals surface area contributed by atoms with Gasteiger partial charge in [0.15, 0.2) is 0 Å². The third-order valence-electron chi connectivity index (χ3n) is 1.14. The van der Waals surface area contributed by atoms with E-state index in [2.05, 4.69) is 5.10 Å². The summed E-state index contributed by atoms with van der Waals surface area (Å²) in [7, 11) is 0. The van der Waals surface area contributed by atoms with E-state index in [1.807, 2.05) is 0 Å². The highest BCUT2D eigenvalue weighted by molar-refractivity contribution is 5.13. The van der Waals surface area contributed by atoms with Crippen molar-refractivity contribution in [3.63, 3.8) is 0 Å². The lowest BCUT2D eigenvalue weighted by Gasteiger charge is -1.92. The molecule has 0 aliphatic rings. The van der Waals surface area contributed by atoms with Crippen molar-refractivity contribution in [2.45, 2.75) is 13.0 Å². The van der Waals surface area contributed by atoms with Crippen molar-refractivity contribution in [3.8, 4) is 0 Å². The number of halogens is 2. The van der Waals surface area contributed by atoms with Crippen molar-refractivity contribution in [3.05, 3.63) is 22.4 Å². The molecule has 0 aromatic carbocycles. The van der Waals surface area contributed by atoms with Gasteiger partial charge in [-0.2, -0.15) is 4.68 Å². The van der Waals surface area contributed by atoms with Crippen LogP contribution in [0.2, 0.25) is 0 Å². The molecule has 0 amide bonds. The maximum atomic E-state index is 11.7. The van der Waals surface area contributed by atoms with Crippen LogP contribution >= 0.6 is 0 Å². The van der Waals surface area contributed by atoms with Crippen LogP contribution < -0.4 is 0 Å². The van der Waals surface area contributed by atoms with Crippen molar-refractivity contribution >= 4 is 5.82 Å². The zero-order valence-electron chi connectivity index (χ0n) is 5.85. The molecule has 7 heteroatoms. The van der Waals surface area contributed by atoms with Crippen LogP contribution in [0.1, 0.15) is 0 Å². The van der Waals surface area contributed by atoms with E-state index < -0.39 is 23.7 Å². The summed E-state index contributed by atoms with van der Waals surface area (Å²) in [6, 6.07) is 1.07. The van der Waals surface area contributed by atoms with Crippen molar-refractivity contribution in [2.24, 2.45) is 0 Å². The Hall–Kier alpha value is -1.53. The Balaban J connectivity index is 2.71. The average molecular weight is 177 g/mol. The van der Waals surface area contributed by atoms with Gasteiger partial charge in [-0.05, 0) is 4.92 Å². The molecule has 0 aliphatic carbocycles. The SMILES string of the molecule is O=[N+]([O-])c1ccn(CC(F)F)n1. The van der Waals surface area contributed by atoms with Crippen LogP contribution in [0.5, 0.6) is 0 Å². The molecule has 0 spiro atoms. The smallest absolute Gasteiger partial charge is 0.358 e. The fourth-order valence-corrected chi connectivity index (χ4v) is 0.691. The van der Waals surface area contributed by atoms with Gasteiger partial charge in [0, 0.05) is 0 Å². The van der Waals surface area contributed by atoms with Crippen molar-refractivity contribution in [2.75, 3.05) is 0 Å². The van der Waals surface area contributed by atoms with Crippen LogP contribution in [0.25, 0.3) is 0 Å². The Labute approximate surface area is 65.8 Å². The van der Waals surface area contributed by atoms with E-state index in [9.17, 15) is 18.9 Å². The number of rotatable bonds is 3. The first kappa shape index (κ1) is 8.57. The Bertz CT molecular complexity index is 286. The lowest BCUT2D eigenvalue weighted by Crippen LogP contribution is -2.07. The van der Waals surface area contributed by atoms with Crippen LogP contribution in [0.15, 0.2) is 12.3 Å². The summed E-state index contributed by atoms with van der Waals surface area (Å²) in [5, 5.41) is 13.3. The van der Waals surface area contributed by atoms with Crippen molar-refractivity contribution in [1.82, 2.24) is 9.78 Å². The normalized spacial score (nSPS) is 10.6. The summed E-state index contributed by atoms with van der Waals surface area (Å²) in [5.41, 5.74) is 0. The quantitative estimate of drug-likeness (QED) is 0.512. The molecule has 0 atom stereocenters. The number of alkyl halides is 2. The van der Waals surface area contributed by atoms with Crippen LogP contribution in [-0.4, -0.2) is 21.1 Å². The van der Waals surface area contributed by atoms with Gasteiger partial charge in [-0.1, -0.05) is 0 Å². The van der Waals surface area contributed by atoms with Crippen molar-refractivity contribution in [1.29, 1.82) is 0 Å². The summed E-state index contributed by atoms with van der Waals surface area (Å²) >= 11 is 0. The molecule has 12 heavy (non-hydrogen) atoms. The monoisotopic (exact) mass is 177 g/mol. The number of hydrogen-bond acceptors (Lipinski definition) is 3. The molecule has 0 unspecified atom stereocenters. The molecule has 0 radical (unpaired) electrons. The molecule has 0 bridgehead atoms. The molecule has 66 valence electrons. The molecule has 1 rings (SSSR count). The van der Waals surface area contributed by atoms with Crippen LogP contribution in [-0.2, 0) is 6.54 Å². The van der Waals surface area contributed by atoms with Crippen LogP contribution in [0.3, 0.4) is 0 Å². The molecule has 0 saturated heterocycles. The third-order valence-corrected chi connectivity index (χ3v) is 1.14. The minimum absolute atomic E-state index is 0.421. The van der Waals surface area contributed by atoms with Crippen LogP contribution in [0, 0.1) is 10.1 Å². The summed E-state index contributed by atoms with van der Waals surface area (Å²) in [4.78, 5) is 9.31. The van der Waals surface area contributed by atoms with Gasteiger partial charge in [0.2, 0.25) is 0 Å². The van der Waals surface area contributed by atoms with Gasteiger partial charge in [0.05, 0.1) is 17.4 Å². The summed E-state index contributed by atoms with van der Waals surface area (Å²) < 4.78 is 24.2. The van der Waals surface area contributed by atoms with Gasteiger partial charge < -0.3 is 10.1 Å². The van der Waals surface area contributed by atoms with Gasteiger partial charge in [-0.25, -0.2) is 8.78 Å². The molecule has 1 aromatic heterocycles. The largest absolute Gasteiger partial charge is 0.389 e. The van der Waals surface area contributed by atoms with E-state index in [1.54, 1.807) is 0 Å². The Morgan fingerprint density at radius 1 is 1.75 bits per heavy atom. The molecule has 5 nitrogen and oxygen atoms in total. The highest BCUT2D eigenvalue weighted by atomic mass is 19.3. The summed E-state index contributed by atoms with van der Waals surface area (Å²) in [6.07, 6.45) is -1.41. The topological polar surface area (TPSA) is 61.0 Å². The van der Waals surface area contributed by atoms with E-state index >= 15 is 0 Å². The second kappa shape index (κ2) is 3.24. The number of nitrogens with zero attached hydrogens (tertiary/aromatic N) is 3. The number of aromatic nitrogens is 2. The van der Waals surface area contributed by atoms with Crippen LogP contribution in [0.4, 0.5) is 14.6 Å². The Morgan fingerprint density at radius 2 is 2.42 bits per heavy atom. The van der Waals surface area contributed by atoms with Gasteiger partial charge in [-0.3, -0.25) is 0 Å². The minimum Gasteiger partial charge on any atom is -0.358 e. The second-order valence-corrected chi connectivity index (χ2v) is 2.04. The molecule has 1 heterocycles. The minimum atomic E-state index is -2.55. The fourth-order valence-electron chi connectivity index (χ4n) is 0.691. The molecule has 0 N–H and O–H groups in total. The molecule has 0 fully saturated rings. The van der Waals surface area contributed by atoms with E-state index in [1.165, 1.54) is 0 Å². The van der Waals surface area contributed by atoms with Gasteiger partial charge in [0.25, 0.3) is 6.43 Å². The van der Waals surface area contributed by atoms with Crippen molar-refractivity contribution < 1.29 is 13.7 Å². The van der Waals surface area contributed by atoms with E-state index in [0.717, 1.165) is 16.9 Å². The highest BCUT2D eigenvalue weighted by Crippen LogP contribution is 2.06. The van der Waals surface area contributed by atoms with E-state index in [-0.39, 0.29) is 0 Å². The average Bonchev–Trinajstić information content (AvgIpc) is 2.34. The summed E-state index contributed by atoms with van der Waals surface area (Å²) in [6.45, 7) is -0.617. The van der Waals surface area contributed by atoms with Gasteiger partial charge >= 0.3 is 5.82 Å². The Kier molecular flexibility index (Phi) is 2.32. The van der Waals surface area contributed by atoms with E-state index in [0.29, 0.717) is 0 Å². The second-order valence-electron chi connectivity index (χ2n) is 2.04. The molecule has 1 aromatic rings. The third kappa shape index (κ3) is 1.97. The first-order valence-corrected chi connectivity index (χ1v) is 3.05. The maximum absolute atomic E-state index is 11.7. The molecule has 0 aliphatic heterocycles. The van der Waals surface area contributed by atoms with E-state index in [4.69, 9.17) is 0 Å². The predicted molar refractivity (Wildman–Crippen MR) is 34.9 cm³/mol. The lowest BCUT2D eigenvalue weighted by atomic mass is 10.6. The van der Waals surface area contributed by atoms with Gasteiger partial charge in [0.1, 0.15) is 6.54 Å². The number of hydrogen-bond donors (Lipinski definition) is 0. The fraction of sp³-hybridized carbons (Fsp3) is 0.400. The number of nitro groups is 1. The predicted octanol–water partition coefficient (Wildman–Crippen LogP) is 1.06. The first-order valence-electron chi connectivity index (χ1n) is 3.05. The first-order chi connectivity index (χ1) is 5.59. The zero-order valence-corrected chi connectivity index (χ0v) is 5.85. The zero-order chi connectivity index (χ0) is 9.14. The lowest BCUT2D eigenvalue weighted by molar-refractivity contribution is -0.389. The van der Waals surface area contributed by atoms with Gasteiger partial charge in [-0.15, -0.1) is 0 Å². The highest BCUT2D eigenvalue weighted by Gasteiger charge is 2.13. The standard InChI is InChI=1S/C5H5F2N3O2/c6-4(7)3-9-2-1-5(8-9)10(11)12/h1-2,4H,3H2. The maximum Gasteiger partial charge on any atom is 0.389 e. The Morgan fingerprint density at radius 3 is 2.83 bits per heavy atom. The molecule has 0 saturated carbocycles. The molecular formula is C5H5F2N3O2. The summed E-state index contributed by atoms with van der Waals surface area (Å²) in [5.74, 6) is -0.421. The molecular weight excluding hydrogens is 172 g/mol.